The second-order valence-corrected chi connectivity index (χ2v) is 5.00. The van der Waals surface area contributed by atoms with Crippen LogP contribution >= 0.6 is 0 Å². The number of alkyl carbamates (subject to hydrolysis) is 1. The molecule has 1 amide bonds. The van der Waals surface area contributed by atoms with Crippen LogP contribution < -0.4 is 5.32 Å². The van der Waals surface area contributed by atoms with Crippen molar-refractivity contribution < 1.29 is 19.4 Å². The molecule has 0 bridgehead atoms. The first-order chi connectivity index (χ1) is 8.69. The molecule has 0 fully saturated rings. The number of ether oxygens (including phenoxy) is 1. The number of amides is 1. The van der Waals surface area contributed by atoms with E-state index < -0.39 is 23.7 Å². The van der Waals surface area contributed by atoms with Gasteiger partial charge in [0.1, 0.15) is 11.4 Å². The Labute approximate surface area is 111 Å². The number of rotatable bonds is 3. The lowest BCUT2D eigenvalue weighted by molar-refractivity contribution is 0.0504. The lowest BCUT2D eigenvalue weighted by Gasteiger charge is -2.21. The van der Waals surface area contributed by atoms with Crippen LogP contribution in [-0.2, 0) is 4.74 Å². The van der Waals surface area contributed by atoms with E-state index in [1.54, 1.807) is 27.7 Å². The largest absolute Gasteiger partial charge is 0.478 e. The van der Waals surface area contributed by atoms with Gasteiger partial charge in [-0.3, -0.25) is 0 Å². The molecule has 1 heterocycles. The SMILES string of the molecule is C[C@H](NC(=O)OC(C)(C)C)c1ncc(C(=O)O)cn1. The summed E-state index contributed by atoms with van der Waals surface area (Å²) in [5.74, 6) is -0.782. The summed E-state index contributed by atoms with van der Waals surface area (Å²) < 4.78 is 5.09. The number of carbonyl (C=O) groups excluding carboxylic acids is 1. The first kappa shape index (κ1) is 14.9. The maximum atomic E-state index is 11.5. The molecule has 0 aliphatic carbocycles. The second kappa shape index (κ2) is 5.64. The third kappa shape index (κ3) is 4.90. The molecule has 0 unspecified atom stereocenters. The zero-order valence-electron chi connectivity index (χ0n) is 11.3. The third-order valence-electron chi connectivity index (χ3n) is 2.04. The summed E-state index contributed by atoms with van der Waals surface area (Å²) in [7, 11) is 0. The van der Waals surface area contributed by atoms with Crippen molar-refractivity contribution >= 4 is 12.1 Å². The van der Waals surface area contributed by atoms with Crippen LogP contribution in [0.4, 0.5) is 4.79 Å². The van der Waals surface area contributed by atoms with Gasteiger partial charge >= 0.3 is 12.1 Å². The minimum atomic E-state index is -1.10. The van der Waals surface area contributed by atoms with Crippen LogP contribution in [0.25, 0.3) is 0 Å². The maximum absolute atomic E-state index is 11.5. The molecule has 2 N–H and O–H groups in total. The third-order valence-corrected chi connectivity index (χ3v) is 2.04. The number of carboxylic acids is 1. The normalized spacial score (nSPS) is 12.6. The molecule has 0 saturated heterocycles. The summed E-state index contributed by atoms with van der Waals surface area (Å²) in [5, 5.41) is 11.3. The van der Waals surface area contributed by atoms with Crippen LogP contribution in [0.5, 0.6) is 0 Å². The highest BCUT2D eigenvalue weighted by Crippen LogP contribution is 2.10. The molecule has 19 heavy (non-hydrogen) atoms. The van der Waals surface area contributed by atoms with Gasteiger partial charge in [0.2, 0.25) is 0 Å². The summed E-state index contributed by atoms with van der Waals surface area (Å²) in [5.41, 5.74) is -0.592. The molecular weight excluding hydrogens is 250 g/mol. The number of aromatic carboxylic acids is 1. The molecule has 1 aromatic rings. The summed E-state index contributed by atoms with van der Waals surface area (Å²) in [6.07, 6.45) is 1.81. The van der Waals surface area contributed by atoms with Crippen LogP contribution in [0.2, 0.25) is 0 Å². The van der Waals surface area contributed by atoms with Crippen molar-refractivity contribution in [2.75, 3.05) is 0 Å². The van der Waals surface area contributed by atoms with E-state index in [4.69, 9.17) is 9.84 Å². The lowest BCUT2D eigenvalue weighted by Crippen LogP contribution is -2.34. The number of nitrogens with one attached hydrogen (secondary N) is 1. The van der Waals surface area contributed by atoms with Crippen molar-refractivity contribution in [2.45, 2.75) is 39.3 Å². The van der Waals surface area contributed by atoms with Gasteiger partial charge in [-0.25, -0.2) is 19.6 Å². The molecule has 0 saturated carbocycles. The topological polar surface area (TPSA) is 101 Å². The molecule has 0 aliphatic rings. The number of hydrogen-bond acceptors (Lipinski definition) is 5. The van der Waals surface area contributed by atoms with Crippen LogP contribution in [0, 0.1) is 0 Å². The molecule has 1 aromatic heterocycles. The molecule has 0 spiro atoms. The van der Waals surface area contributed by atoms with Crippen molar-refractivity contribution in [1.29, 1.82) is 0 Å². The number of hydrogen-bond donors (Lipinski definition) is 2. The number of nitrogens with zero attached hydrogens (tertiary/aromatic N) is 2. The molecule has 0 aromatic carbocycles. The van der Waals surface area contributed by atoms with E-state index in [0.717, 1.165) is 0 Å². The zero-order chi connectivity index (χ0) is 14.6. The molecule has 1 atom stereocenters. The van der Waals surface area contributed by atoms with Crippen LogP contribution in [0.3, 0.4) is 0 Å². The predicted molar refractivity (Wildman–Crippen MR) is 66.8 cm³/mol. The van der Waals surface area contributed by atoms with Crippen molar-refractivity contribution in [3.8, 4) is 0 Å². The average molecular weight is 267 g/mol. The van der Waals surface area contributed by atoms with E-state index in [2.05, 4.69) is 15.3 Å². The number of aromatic nitrogens is 2. The smallest absolute Gasteiger partial charge is 0.408 e. The van der Waals surface area contributed by atoms with Crippen molar-refractivity contribution in [1.82, 2.24) is 15.3 Å². The highest BCUT2D eigenvalue weighted by atomic mass is 16.6. The minimum absolute atomic E-state index is 0.00628. The Morgan fingerprint density at radius 1 is 1.32 bits per heavy atom. The monoisotopic (exact) mass is 267 g/mol. The second-order valence-electron chi connectivity index (χ2n) is 5.00. The Morgan fingerprint density at radius 3 is 2.26 bits per heavy atom. The van der Waals surface area contributed by atoms with Gasteiger partial charge in [0.15, 0.2) is 0 Å². The predicted octanol–water partition coefficient (Wildman–Crippen LogP) is 1.76. The van der Waals surface area contributed by atoms with E-state index in [0.29, 0.717) is 5.82 Å². The van der Waals surface area contributed by atoms with E-state index in [9.17, 15) is 9.59 Å². The Morgan fingerprint density at radius 2 is 1.84 bits per heavy atom. The fourth-order valence-electron chi connectivity index (χ4n) is 1.22. The molecule has 7 nitrogen and oxygen atoms in total. The Kier molecular flexibility index (Phi) is 4.42. The van der Waals surface area contributed by atoms with Gasteiger partial charge in [-0.1, -0.05) is 0 Å². The molecule has 0 aliphatic heterocycles. The Bertz CT molecular complexity index is 465. The number of carboxylic acid groups (broad SMARTS) is 1. The fourth-order valence-corrected chi connectivity index (χ4v) is 1.22. The van der Waals surface area contributed by atoms with E-state index >= 15 is 0 Å². The standard InChI is InChI=1S/C12H17N3O4/c1-7(15-11(18)19-12(2,3)4)9-13-5-8(6-14-9)10(16)17/h5-7H,1-4H3,(H,15,18)(H,16,17)/t7-/m0/s1. The summed E-state index contributed by atoms with van der Waals surface area (Å²) >= 11 is 0. The summed E-state index contributed by atoms with van der Waals surface area (Å²) in [6.45, 7) is 6.96. The molecule has 0 radical (unpaired) electrons. The molecule has 1 rings (SSSR count). The van der Waals surface area contributed by atoms with Gasteiger partial charge in [-0.2, -0.15) is 0 Å². The molecule has 104 valence electrons. The lowest BCUT2D eigenvalue weighted by atomic mass is 10.2. The van der Waals surface area contributed by atoms with E-state index in [1.807, 2.05) is 0 Å². The first-order valence-electron chi connectivity index (χ1n) is 5.74. The molecular formula is C12H17N3O4. The quantitative estimate of drug-likeness (QED) is 0.865. The van der Waals surface area contributed by atoms with Gasteiger partial charge in [-0.05, 0) is 27.7 Å². The zero-order valence-corrected chi connectivity index (χ0v) is 11.3. The van der Waals surface area contributed by atoms with Gasteiger partial charge < -0.3 is 15.2 Å². The fraction of sp³-hybridized carbons (Fsp3) is 0.500. The summed E-state index contributed by atoms with van der Waals surface area (Å²) in [4.78, 5) is 30.0. The van der Waals surface area contributed by atoms with Crippen molar-refractivity contribution in [3.63, 3.8) is 0 Å². The van der Waals surface area contributed by atoms with Gasteiger partial charge in [0.05, 0.1) is 11.6 Å². The first-order valence-corrected chi connectivity index (χ1v) is 5.74. The minimum Gasteiger partial charge on any atom is -0.478 e. The summed E-state index contributed by atoms with van der Waals surface area (Å²) in [6, 6.07) is -0.474. The van der Waals surface area contributed by atoms with Crippen molar-refractivity contribution in [2.24, 2.45) is 0 Å². The van der Waals surface area contributed by atoms with Gasteiger partial charge in [0, 0.05) is 12.4 Å². The van der Waals surface area contributed by atoms with Crippen LogP contribution in [-0.4, -0.2) is 32.7 Å². The van der Waals surface area contributed by atoms with E-state index in [1.165, 1.54) is 12.4 Å². The van der Waals surface area contributed by atoms with Crippen LogP contribution in [0.1, 0.15) is 49.9 Å². The Balaban J connectivity index is 2.65. The highest BCUT2D eigenvalue weighted by Gasteiger charge is 2.19. The van der Waals surface area contributed by atoms with Crippen molar-refractivity contribution in [3.05, 3.63) is 23.8 Å². The van der Waals surface area contributed by atoms with Crippen LogP contribution in [0.15, 0.2) is 12.4 Å². The van der Waals surface area contributed by atoms with Gasteiger partial charge in [0.25, 0.3) is 0 Å². The highest BCUT2D eigenvalue weighted by molar-refractivity contribution is 5.86. The van der Waals surface area contributed by atoms with E-state index in [-0.39, 0.29) is 5.56 Å². The maximum Gasteiger partial charge on any atom is 0.408 e. The number of carbonyl (C=O) groups is 2. The average Bonchev–Trinajstić information content (AvgIpc) is 2.26. The molecule has 7 heteroatoms. The Hall–Kier alpha value is -2.18. The van der Waals surface area contributed by atoms with Gasteiger partial charge in [-0.15, -0.1) is 0 Å².